The van der Waals surface area contributed by atoms with Gasteiger partial charge in [-0.2, -0.15) is 0 Å². The van der Waals surface area contributed by atoms with Crippen LogP contribution in [0.2, 0.25) is 0 Å². The molecule has 2 rings (SSSR count). The van der Waals surface area contributed by atoms with E-state index in [9.17, 15) is 53.1 Å². The van der Waals surface area contributed by atoms with Gasteiger partial charge in [0, 0.05) is 6.20 Å². The summed E-state index contributed by atoms with van der Waals surface area (Å²) in [6.45, 7) is -1.18. The lowest BCUT2D eigenvalue weighted by Crippen LogP contribution is -2.38. The lowest BCUT2D eigenvalue weighted by atomic mass is 10.1. The van der Waals surface area contributed by atoms with Crippen molar-refractivity contribution >= 4 is 39.4 Å². The number of nitrogens with zero attached hydrogens (tertiary/aromatic N) is 1. The number of aliphatic hydroxyl groups excluding tert-OH is 2. The molecular formula is C9H10BrN2O15P3-4. The van der Waals surface area contributed by atoms with E-state index < -0.39 is 65.9 Å². The number of phosphoric ester groups is 1. The molecule has 0 radical (unpaired) electrons. The average molecular weight is 559 g/mol. The first-order valence-electron chi connectivity index (χ1n) is 7.25. The number of phosphoric acid groups is 3. The zero-order chi connectivity index (χ0) is 23.1. The van der Waals surface area contributed by atoms with Gasteiger partial charge >= 0.3 is 5.69 Å². The monoisotopic (exact) mass is 558 g/mol. The highest BCUT2D eigenvalue weighted by atomic mass is 79.9. The third-order valence-electron chi connectivity index (χ3n) is 3.33. The van der Waals surface area contributed by atoms with Crippen LogP contribution >= 0.6 is 39.4 Å². The van der Waals surface area contributed by atoms with Gasteiger partial charge in [-0.3, -0.25) is 27.8 Å². The standard InChI is InChI=1S/C9H14BrN2O15P3/c10-3-1-12(9(16)11-7(3)15)8-6(14)5(13)4(25-8)2-24-29(20,21)27-30(22,23)26-28(17,18)19/h1,4-6,8,13-14H,2H2,(H,20,21)(H,22,23)(H,11,15,16)(H2,17,18,19)/p-4/t4-,5-,6-,8-/m1/s1. The van der Waals surface area contributed by atoms with Crippen molar-refractivity contribution < 1.29 is 61.4 Å². The Hall–Kier alpha value is -0.550. The first-order valence-corrected chi connectivity index (χ1v) is 12.4. The molecule has 1 aromatic rings. The van der Waals surface area contributed by atoms with Gasteiger partial charge in [0.05, 0.1) is 18.9 Å². The van der Waals surface area contributed by atoms with Crippen molar-refractivity contribution in [3.63, 3.8) is 0 Å². The molecule has 17 nitrogen and oxygen atoms in total. The number of rotatable bonds is 8. The maximum absolute atomic E-state index is 11.8. The van der Waals surface area contributed by atoms with Crippen LogP contribution in [0.15, 0.2) is 20.3 Å². The van der Waals surface area contributed by atoms with Gasteiger partial charge in [0.2, 0.25) is 0 Å². The number of H-pyrrole nitrogens is 1. The molecule has 1 saturated heterocycles. The Morgan fingerprint density at radius 2 is 1.70 bits per heavy atom. The van der Waals surface area contributed by atoms with Crippen LogP contribution in [0.5, 0.6) is 0 Å². The lowest BCUT2D eigenvalue weighted by molar-refractivity contribution is -0.339. The van der Waals surface area contributed by atoms with E-state index >= 15 is 0 Å². The lowest BCUT2D eigenvalue weighted by Gasteiger charge is -2.37. The van der Waals surface area contributed by atoms with Gasteiger partial charge in [0.25, 0.3) is 21.2 Å². The Labute approximate surface area is 173 Å². The second kappa shape index (κ2) is 9.13. The minimum atomic E-state index is -6.18. The molecule has 0 saturated carbocycles. The minimum Gasteiger partial charge on any atom is -0.790 e. The molecule has 1 aliphatic rings. The summed E-state index contributed by atoms with van der Waals surface area (Å²) in [5.41, 5.74) is -1.86. The van der Waals surface area contributed by atoms with Crippen molar-refractivity contribution in [2.45, 2.75) is 24.5 Å². The maximum atomic E-state index is 11.8. The van der Waals surface area contributed by atoms with Crippen molar-refractivity contribution in [2.75, 3.05) is 6.61 Å². The van der Waals surface area contributed by atoms with Crippen LogP contribution in [-0.2, 0) is 31.6 Å². The Morgan fingerprint density at radius 3 is 2.27 bits per heavy atom. The van der Waals surface area contributed by atoms with E-state index in [1.54, 1.807) is 0 Å². The molecule has 0 aliphatic carbocycles. The average Bonchev–Trinajstić information content (AvgIpc) is 2.81. The zero-order valence-corrected chi connectivity index (χ0v) is 18.2. The van der Waals surface area contributed by atoms with Gasteiger partial charge in [-0.1, -0.05) is 0 Å². The zero-order valence-electron chi connectivity index (χ0n) is 14.0. The van der Waals surface area contributed by atoms with E-state index in [1.807, 2.05) is 4.98 Å². The number of aromatic amines is 1. The molecule has 1 fully saturated rings. The van der Waals surface area contributed by atoms with Crippen molar-refractivity contribution in [3.05, 3.63) is 31.5 Å². The predicted molar refractivity (Wildman–Crippen MR) is 85.9 cm³/mol. The van der Waals surface area contributed by atoms with Crippen LogP contribution in [0, 0.1) is 0 Å². The van der Waals surface area contributed by atoms with Gasteiger partial charge < -0.3 is 43.6 Å². The van der Waals surface area contributed by atoms with Crippen molar-refractivity contribution in [2.24, 2.45) is 0 Å². The Kier molecular flexibility index (Phi) is 7.83. The van der Waals surface area contributed by atoms with Crippen LogP contribution in [0.3, 0.4) is 0 Å². The fraction of sp³-hybridized carbons (Fsp3) is 0.556. The summed E-state index contributed by atoms with van der Waals surface area (Å²) in [6, 6.07) is 0. The summed E-state index contributed by atoms with van der Waals surface area (Å²) < 4.78 is 48.9. The molecule has 6 atom stereocenters. The fourth-order valence-electron chi connectivity index (χ4n) is 2.19. The number of aliphatic hydroxyl groups is 2. The predicted octanol–water partition coefficient (Wildman–Crippen LogP) is -4.27. The number of nitrogens with one attached hydrogen (secondary N) is 1. The van der Waals surface area contributed by atoms with Crippen molar-refractivity contribution in [1.29, 1.82) is 0 Å². The summed E-state index contributed by atoms with van der Waals surface area (Å²) in [6.07, 6.45) is -6.08. The largest absolute Gasteiger partial charge is 0.790 e. The first-order chi connectivity index (χ1) is 13.5. The SMILES string of the molecule is O=c1[nH]c(=O)n([C@@H]2O[C@H](COP(=O)([O-])OP(=O)([O-])OP(=O)([O-])[O-])[C@@H](O)[C@H]2O)cc1Br. The van der Waals surface area contributed by atoms with Gasteiger partial charge in [0.15, 0.2) is 6.23 Å². The fourth-order valence-corrected chi connectivity index (χ4v) is 5.38. The maximum Gasteiger partial charge on any atom is 0.330 e. The van der Waals surface area contributed by atoms with Crippen LogP contribution in [0.4, 0.5) is 0 Å². The third-order valence-corrected chi connectivity index (χ3v) is 7.56. The highest BCUT2D eigenvalue weighted by Gasteiger charge is 2.45. The molecule has 21 heteroatoms. The molecule has 0 spiro atoms. The van der Waals surface area contributed by atoms with Gasteiger partial charge in [-0.05, 0) is 15.9 Å². The molecule has 0 bridgehead atoms. The summed E-state index contributed by atoms with van der Waals surface area (Å²) >= 11 is 2.83. The molecule has 0 aromatic carbocycles. The molecule has 2 heterocycles. The van der Waals surface area contributed by atoms with Crippen LogP contribution in [0.1, 0.15) is 6.23 Å². The molecule has 1 aromatic heterocycles. The van der Waals surface area contributed by atoms with E-state index in [0.717, 1.165) is 6.20 Å². The van der Waals surface area contributed by atoms with Gasteiger partial charge in [0.1, 0.15) is 18.3 Å². The first kappa shape index (κ1) is 25.7. The van der Waals surface area contributed by atoms with Crippen LogP contribution in [-0.4, -0.2) is 44.7 Å². The number of hydrogen-bond acceptors (Lipinski definition) is 15. The molecule has 2 unspecified atom stereocenters. The number of aromatic nitrogens is 2. The van der Waals surface area contributed by atoms with E-state index in [0.29, 0.717) is 4.57 Å². The highest BCUT2D eigenvalue weighted by molar-refractivity contribution is 9.10. The summed E-state index contributed by atoms with van der Waals surface area (Å²) in [7, 11) is -18.2. The Morgan fingerprint density at radius 1 is 1.10 bits per heavy atom. The Bertz CT molecular complexity index is 1050. The van der Waals surface area contributed by atoms with E-state index in [2.05, 4.69) is 29.1 Å². The van der Waals surface area contributed by atoms with Crippen molar-refractivity contribution in [3.8, 4) is 0 Å². The van der Waals surface area contributed by atoms with E-state index in [1.165, 1.54) is 0 Å². The molecule has 172 valence electrons. The van der Waals surface area contributed by atoms with Gasteiger partial charge in [-0.15, -0.1) is 0 Å². The second-order valence-corrected chi connectivity index (χ2v) is 10.6. The molecule has 0 amide bonds. The van der Waals surface area contributed by atoms with Crippen molar-refractivity contribution in [1.82, 2.24) is 9.55 Å². The normalized spacial score (nSPS) is 28.8. The summed E-state index contributed by atoms with van der Waals surface area (Å²) in [4.78, 5) is 68.1. The van der Waals surface area contributed by atoms with E-state index in [-0.39, 0.29) is 4.47 Å². The van der Waals surface area contributed by atoms with Crippen LogP contribution < -0.4 is 30.8 Å². The quantitative estimate of drug-likeness (QED) is 0.254. The second-order valence-electron chi connectivity index (χ2n) is 5.49. The van der Waals surface area contributed by atoms with E-state index in [4.69, 9.17) is 4.74 Å². The molecule has 1 aliphatic heterocycles. The number of ether oxygens (including phenoxy) is 1. The van der Waals surface area contributed by atoms with Gasteiger partial charge in [-0.25, -0.2) is 9.11 Å². The highest BCUT2D eigenvalue weighted by Crippen LogP contribution is 2.60. The topological polar surface area (TPSA) is 276 Å². The smallest absolute Gasteiger partial charge is 0.330 e. The molecule has 3 N–H and O–H groups in total. The molecule has 30 heavy (non-hydrogen) atoms. The molecular weight excluding hydrogens is 549 g/mol. The number of hydrogen-bond donors (Lipinski definition) is 3. The third kappa shape index (κ3) is 6.72. The van der Waals surface area contributed by atoms with Crippen LogP contribution in [0.25, 0.3) is 0 Å². The minimum absolute atomic E-state index is 0.148. The summed E-state index contributed by atoms with van der Waals surface area (Å²) in [5, 5.41) is 20.0. The summed E-state index contributed by atoms with van der Waals surface area (Å²) in [5.74, 6) is 0. The Balaban J connectivity index is 2.09. The number of halogens is 1.